The molecule has 0 N–H and O–H groups in total. The van der Waals surface area contributed by atoms with E-state index in [9.17, 15) is 22.6 Å². The minimum absolute atomic E-state index is 0.0143. The Balaban J connectivity index is 2.24. The molecule has 2 aromatic carbocycles. The zero-order valence-corrected chi connectivity index (χ0v) is 22.6. The quantitative estimate of drug-likeness (QED) is 0.344. The lowest BCUT2D eigenvalue weighted by Gasteiger charge is -2.39. The fourth-order valence-electron chi connectivity index (χ4n) is 4.09. The molecule has 0 saturated carbocycles. The molecule has 1 atom stereocenters. The average Bonchev–Trinajstić information content (AvgIpc) is 2.86. The molecule has 36 heavy (non-hydrogen) atoms. The smallest absolute Gasteiger partial charge is 0.349 e. The maximum absolute atomic E-state index is 13.9. The molecule has 0 spiro atoms. The van der Waals surface area contributed by atoms with E-state index in [4.69, 9.17) is 18.5 Å². The van der Waals surface area contributed by atoms with Crippen molar-refractivity contribution < 1.29 is 41.1 Å². The number of carbonyl (C=O) groups excluding carboxylic acids is 2. The van der Waals surface area contributed by atoms with Crippen LogP contribution in [-0.4, -0.2) is 57.9 Å². The van der Waals surface area contributed by atoms with Crippen molar-refractivity contribution in [1.82, 2.24) is 4.31 Å². The molecule has 0 fully saturated rings. The van der Waals surface area contributed by atoms with Gasteiger partial charge in [0.05, 0.1) is 43.5 Å². The summed E-state index contributed by atoms with van der Waals surface area (Å²) in [7, 11) is -5.79. The third-order valence-corrected chi connectivity index (χ3v) is 10.3. The maximum atomic E-state index is 13.9. The van der Waals surface area contributed by atoms with Crippen LogP contribution in [0.15, 0.2) is 41.3 Å². The SMILES string of the molecule is CCOP(=O)(OCC)C1Cc2cc(C(=O)OC)c(C(=O)OC)cc2CN1S(=O)(=O)c1ccc(C)cc1. The molecule has 12 heteroatoms. The van der Waals surface area contributed by atoms with Gasteiger partial charge >= 0.3 is 19.5 Å². The summed E-state index contributed by atoms with van der Waals surface area (Å²) in [5.41, 5.74) is 1.74. The molecule has 10 nitrogen and oxygen atoms in total. The van der Waals surface area contributed by atoms with Gasteiger partial charge in [-0.05, 0) is 56.2 Å². The number of hydrogen-bond donors (Lipinski definition) is 0. The van der Waals surface area contributed by atoms with Gasteiger partial charge in [0.1, 0.15) is 5.78 Å². The highest BCUT2D eigenvalue weighted by molar-refractivity contribution is 7.89. The minimum atomic E-state index is -4.17. The van der Waals surface area contributed by atoms with Crippen LogP contribution in [0.25, 0.3) is 0 Å². The van der Waals surface area contributed by atoms with Gasteiger partial charge in [-0.2, -0.15) is 4.31 Å². The highest BCUT2D eigenvalue weighted by Crippen LogP contribution is 2.57. The fourth-order valence-corrected chi connectivity index (χ4v) is 8.22. The summed E-state index contributed by atoms with van der Waals surface area (Å²) in [5.74, 6) is -2.74. The van der Waals surface area contributed by atoms with Gasteiger partial charge in [-0.1, -0.05) is 17.7 Å². The Hall–Kier alpha value is -2.56. The predicted octanol–water partition coefficient (Wildman–Crippen LogP) is 3.91. The molecule has 2 aromatic rings. The zero-order valence-electron chi connectivity index (χ0n) is 20.8. The van der Waals surface area contributed by atoms with Gasteiger partial charge in [-0.3, -0.25) is 4.57 Å². The van der Waals surface area contributed by atoms with Crippen LogP contribution in [0.3, 0.4) is 0 Å². The third kappa shape index (κ3) is 5.40. The number of benzene rings is 2. The number of methoxy groups -OCH3 is 2. The Bertz CT molecular complexity index is 1280. The summed E-state index contributed by atoms with van der Waals surface area (Å²) in [6, 6.07) is 9.14. The van der Waals surface area contributed by atoms with Gasteiger partial charge in [0.25, 0.3) is 0 Å². The van der Waals surface area contributed by atoms with Gasteiger partial charge in [0, 0.05) is 13.0 Å². The molecule has 1 aliphatic rings. The van der Waals surface area contributed by atoms with E-state index in [-0.39, 0.29) is 42.2 Å². The van der Waals surface area contributed by atoms with Crippen molar-refractivity contribution in [3.05, 3.63) is 64.2 Å². The molecule has 0 aliphatic carbocycles. The van der Waals surface area contributed by atoms with Crippen molar-refractivity contribution in [3.63, 3.8) is 0 Å². The molecule has 0 radical (unpaired) electrons. The number of rotatable bonds is 9. The molecular formula is C24H30NO9PS. The molecule has 0 amide bonds. The van der Waals surface area contributed by atoms with Crippen LogP contribution in [-0.2, 0) is 46.1 Å². The van der Waals surface area contributed by atoms with E-state index >= 15 is 0 Å². The van der Waals surface area contributed by atoms with E-state index < -0.39 is 35.3 Å². The third-order valence-electron chi connectivity index (χ3n) is 5.82. The average molecular weight is 540 g/mol. The Kier molecular flexibility index (Phi) is 8.74. The highest BCUT2D eigenvalue weighted by atomic mass is 32.2. The molecule has 0 aromatic heterocycles. The van der Waals surface area contributed by atoms with Crippen LogP contribution < -0.4 is 0 Å². The summed E-state index contributed by atoms with van der Waals surface area (Å²) in [6.45, 7) is 4.95. The number of carbonyl (C=O) groups is 2. The number of nitrogens with zero attached hydrogens (tertiary/aromatic N) is 1. The van der Waals surface area contributed by atoms with Gasteiger partial charge < -0.3 is 18.5 Å². The summed E-state index contributed by atoms with van der Waals surface area (Å²) in [6.07, 6.45) is -0.0802. The topological polar surface area (TPSA) is 126 Å². The van der Waals surface area contributed by atoms with Crippen LogP contribution in [0, 0.1) is 6.92 Å². The summed E-state index contributed by atoms with van der Waals surface area (Å²) >= 11 is 0. The maximum Gasteiger partial charge on any atom is 0.349 e. The summed E-state index contributed by atoms with van der Waals surface area (Å²) in [4.78, 5) is 24.9. The first-order chi connectivity index (χ1) is 17.0. The van der Waals surface area contributed by atoms with Crippen LogP contribution in [0.1, 0.15) is 51.3 Å². The number of ether oxygens (including phenoxy) is 2. The van der Waals surface area contributed by atoms with Gasteiger partial charge in [-0.15, -0.1) is 0 Å². The van der Waals surface area contributed by atoms with E-state index in [1.54, 1.807) is 26.0 Å². The second kappa shape index (κ2) is 11.2. The van der Waals surface area contributed by atoms with Crippen LogP contribution in [0.4, 0.5) is 0 Å². The van der Waals surface area contributed by atoms with Crippen LogP contribution >= 0.6 is 7.60 Å². The largest absolute Gasteiger partial charge is 0.465 e. The molecule has 1 unspecified atom stereocenters. The van der Waals surface area contributed by atoms with E-state index in [2.05, 4.69) is 0 Å². The Morgan fingerprint density at radius 2 is 1.44 bits per heavy atom. The van der Waals surface area contributed by atoms with E-state index in [0.29, 0.717) is 11.1 Å². The fraction of sp³-hybridized carbons (Fsp3) is 0.417. The first-order valence-electron chi connectivity index (χ1n) is 11.3. The second-order valence-corrected chi connectivity index (χ2v) is 12.2. The molecular weight excluding hydrogens is 509 g/mol. The lowest BCUT2D eigenvalue weighted by Crippen LogP contribution is -2.45. The highest BCUT2D eigenvalue weighted by Gasteiger charge is 2.48. The summed E-state index contributed by atoms with van der Waals surface area (Å²) in [5, 5.41) is 0. The number of esters is 2. The molecule has 0 bridgehead atoms. The molecule has 196 valence electrons. The Labute approximate surface area is 211 Å². The van der Waals surface area contributed by atoms with E-state index in [0.717, 1.165) is 9.87 Å². The lowest BCUT2D eigenvalue weighted by molar-refractivity contribution is 0.0555. The summed E-state index contributed by atoms with van der Waals surface area (Å²) < 4.78 is 63.3. The lowest BCUT2D eigenvalue weighted by atomic mass is 9.94. The minimum Gasteiger partial charge on any atom is -0.465 e. The predicted molar refractivity (Wildman–Crippen MR) is 131 cm³/mol. The van der Waals surface area contributed by atoms with Crippen molar-refractivity contribution >= 4 is 29.6 Å². The standard InChI is InChI=1S/C24H30NO9PS/c1-6-33-35(28,34-7-2)22-14-17-12-20(23(26)31-4)21(24(27)32-5)13-18(17)15-25(22)36(29,30)19-10-8-16(3)9-11-19/h8-13,22H,6-7,14-15H2,1-5H3. The Morgan fingerprint density at radius 1 is 0.944 bits per heavy atom. The Morgan fingerprint density at radius 3 is 1.92 bits per heavy atom. The van der Waals surface area contributed by atoms with Crippen molar-refractivity contribution in [2.45, 2.75) is 44.4 Å². The first-order valence-corrected chi connectivity index (χ1v) is 14.4. The van der Waals surface area contributed by atoms with Gasteiger partial charge in [0.15, 0.2) is 0 Å². The second-order valence-electron chi connectivity index (χ2n) is 8.07. The van der Waals surface area contributed by atoms with E-state index in [1.165, 1.54) is 38.5 Å². The number of aryl methyl sites for hydroxylation is 1. The van der Waals surface area contributed by atoms with Crippen molar-refractivity contribution in [2.24, 2.45) is 0 Å². The van der Waals surface area contributed by atoms with Crippen molar-refractivity contribution in [1.29, 1.82) is 0 Å². The zero-order chi connectivity index (χ0) is 26.7. The molecule has 1 heterocycles. The van der Waals surface area contributed by atoms with Crippen molar-refractivity contribution in [3.8, 4) is 0 Å². The molecule has 1 aliphatic heterocycles. The van der Waals surface area contributed by atoms with Gasteiger partial charge in [0.2, 0.25) is 10.0 Å². The normalized spacial score (nSPS) is 16.3. The number of fused-ring (bicyclic) bond motifs is 1. The van der Waals surface area contributed by atoms with E-state index in [1.807, 2.05) is 6.92 Å². The monoisotopic (exact) mass is 539 g/mol. The number of hydrogen-bond acceptors (Lipinski definition) is 9. The van der Waals surface area contributed by atoms with Gasteiger partial charge in [-0.25, -0.2) is 18.0 Å². The molecule has 0 saturated heterocycles. The van der Waals surface area contributed by atoms with Crippen LogP contribution in [0.5, 0.6) is 0 Å². The van der Waals surface area contributed by atoms with Crippen LogP contribution in [0.2, 0.25) is 0 Å². The van der Waals surface area contributed by atoms with Crippen molar-refractivity contribution in [2.75, 3.05) is 27.4 Å². The molecule has 3 rings (SSSR count). The first kappa shape index (κ1) is 28.0. The number of sulfonamides is 1.